The summed E-state index contributed by atoms with van der Waals surface area (Å²) in [7, 11) is 1.47. The van der Waals surface area contributed by atoms with Gasteiger partial charge in [0, 0.05) is 5.56 Å². The second-order valence-electron chi connectivity index (χ2n) is 7.91. The van der Waals surface area contributed by atoms with Crippen molar-refractivity contribution in [3.05, 3.63) is 35.9 Å². The van der Waals surface area contributed by atoms with E-state index < -0.39 is 29.3 Å². The van der Waals surface area contributed by atoms with E-state index in [-0.39, 0.29) is 12.1 Å². The summed E-state index contributed by atoms with van der Waals surface area (Å²) < 4.78 is 24.3. The van der Waals surface area contributed by atoms with Crippen LogP contribution in [0.5, 0.6) is 0 Å². The molecule has 0 N–H and O–H groups in total. The van der Waals surface area contributed by atoms with Crippen molar-refractivity contribution >= 4 is 23.4 Å². The molecule has 0 amide bonds. The van der Waals surface area contributed by atoms with Gasteiger partial charge in [0.05, 0.1) is 12.0 Å². The van der Waals surface area contributed by atoms with Crippen molar-refractivity contribution in [2.45, 2.75) is 57.7 Å². The van der Waals surface area contributed by atoms with Crippen LogP contribution in [0.4, 0.5) is 0 Å². The fourth-order valence-electron chi connectivity index (χ4n) is 3.14. The topological polar surface area (TPSA) is 75.6 Å². The minimum absolute atomic E-state index is 0.328. The Bertz CT molecular complexity index is 720. The van der Waals surface area contributed by atoms with Crippen LogP contribution in [0, 0.1) is 5.41 Å². The summed E-state index contributed by atoms with van der Waals surface area (Å²) in [6.45, 7) is 7.80. The van der Waals surface area contributed by atoms with Crippen LogP contribution in [0.2, 0.25) is 0 Å². The molecule has 5 atom stereocenters. The molecule has 0 spiro atoms. The maximum atomic E-state index is 12.7. The number of ether oxygens (including phenoxy) is 4. The number of hydrogen-bond acceptors (Lipinski definition) is 8. The Labute approximate surface area is 176 Å². The molecule has 29 heavy (non-hydrogen) atoms. The molecule has 2 saturated heterocycles. The molecule has 2 heterocycles. The van der Waals surface area contributed by atoms with Crippen molar-refractivity contribution in [2.24, 2.45) is 10.6 Å². The number of esters is 1. The fraction of sp³-hybridized carbons (Fsp3) is 0.619. The summed E-state index contributed by atoms with van der Waals surface area (Å²) in [5.41, 5.74) is 0.331. The minimum atomic E-state index is -0.723. The molecule has 0 aliphatic carbocycles. The Morgan fingerprint density at radius 3 is 2.59 bits per heavy atom. The van der Waals surface area contributed by atoms with E-state index in [9.17, 15) is 4.79 Å². The zero-order valence-corrected chi connectivity index (χ0v) is 18.3. The summed E-state index contributed by atoms with van der Waals surface area (Å²) >= 11 is 1.56. The summed E-state index contributed by atoms with van der Waals surface area (Å²) in [6.07, 6.45) is -2.23. The molecular formula is C21H29NO6S. The number of thioether (sulfide) groups is 1. The number of hydrogen-bond donors (Lipinski definition) is 0. The van der Waals surface area contributed by atoms with E-state index in [4.69, 9.17) is 23.8 Å². The zero-order chi connectivity index (χ0) is 21.0. The van der Waals surface area contributed by atoms with Crippen molar-refractivity contribution in [1.82, 2.24) is 0 Å². The average Bonchev–Trinajstić information content (AvgIpc) is 2.70. The largest absolute Gasteiger partial charge is 0.453 e. The molecule has 1 unspecified atom stereocenters. The van der Waals surface area contributed by atoms with Crippen LogP contribution in [0.3, 0.4) is 0 Å². The second-order valence-corrected chi connectivity index (χ2v) is 9.25. The lowest BCUT2D eigenvalue weighted by molar-refractivity contribution is -0.286. The molecule has 160 valence electrons. The number of fused-ring (bicyclic) bond motifs is 1. The first-order valence-corrected chi connectivity index (χ1v) is 10.8. The summed E-state index contributed by atoms with van der Waals surface area (Å²) in [5, 5.41) is 4.16. The van der Waals surface area contributed by atoms with Gasteiger partial charge in [-0.2, -0.15) is 0 Å². The molecular weight excluding hydrogens is 394 g/mol. The first-order valence-electron chi connectivity index (χ1n) is 9.76. The number of nitrogens with zero attached hydrogens (tertiary/aromatic N) is 1. The van der Waals surface area contributed by atoms with Gasteiger partial charge in [-0.05, 0) is 26.5 Å². The van der Waals surface area contributed by atoms with Gasteiger partial charge in [-0.3, -0.25) is 4.79 Å². The van der Waals surface area contributed by atoms with Crippen molar-refractivity contribution in [2.75, 3.05) is 19.5 Å². The third kappa shape index (κ3) is 5.12. The Kier molecular flexibility index (Phi) is 7.21. The third-order valence-corrected chi connectivity index (χ3v) is 5.61. The van der Waals surface area contributed by atoms with Gasteiger partial charge in [0.2, 0.25) is 0 Å². The first kappa shape index (κ1) is 22.1. The lowest BCUT2D eigenvalue weighted by atomic mass is 9.95. The molecule has 2 aliphatic heterocycles. The predicted molar refractivity (Wildman–Crippen MR) is 111 cm³/mol. The molecule has 0 aromatic heterocycles. The molecule has 1 aromatic rings. The smallest absolute Gasteiger partial charge is 0.311 e. The highest BCUT2D eigenvalue weighted by molar-refractivity contribution is 8.00. The third-order valence-electron chi connectivity index (χ3n) is 4.62. The van der Waals surface area contributed by atoms with E-state index in [0.29, 0.717) is 12.3 Å². The van der Waals surface area contributed by atoms with Crippen LogP contribution in [-0.2, 0) is 28.6 Å². The number of carbonyl (C=O) groups excluding carboxylic acids is 1. The van der Waals surface area contributed by atoms with Gasteiger partial charge in [0.25, 0.3) is 0 Å². The van der Waals surface area contributed by atoms with Crippen LogP contribution in [0.1, 0.15) is 39.5 Å². The summed E-state index contributed by atoms with van der Waals surface area (Å²) in [6, 6.07) is 9.65. The van der Waals surface area contributed by atoms with Crippen molar-refractivity contribution < 1.29 is 28.6 Å². The van der Waals surface area contributed by atoms with Crippen molar-refractivity contribution in [1.29, 1.82) is 0 Å². The van der Waals surface area contributed by atoms with Crippen LogP contribution >= 0.6 is 11.8 Å². The SMILES string of the molecule is CCS[C@H]1O[C@@H]2COC(c3ccccc3)O[C@H]2[C@H](OC(=O)C(C)(C)C)/C1=N/OC. The summed E-state index contributed by atoms with van der Waals surface area (Å²) in [4.78, 5) is 17.8. The Hall–Kier alpha value is -1.61. The van der Waals surface area contributed by atoms with E-state index >= 15 is 0 Å². The molecule has 1 aromatic carbocycles. The maximum Gasteiger partial charge on any atom is 0.311 e. The molecule has 2 aliphatic rings. The van der Waals surface area contributed by atoms with E-state index in [2.05, 4.69) is 5.16 Å². The average molecular weight is 424 g/mol. The Morgan fingerprint density at radius 1 is 1.24 bits per heavy atom. The molecule has 3 rings (SSSR count). The molecule has 0 bridgehead atoms. The molecule has 8 heteroatoms. The van der Waals surface area contributed by atoms with E-state index in [0.717, 1.165) is 11.3 Å². The highest BCUT2D eigenvalue weighted by Gasteiger charge is 2.51. The molecule has 7 nitrogen and oxygen atoms in total. The van der Waals surface area contributed by atoms with Crippen LogP contribution in [0.15, 0.2) is 35.5 Å². The molecule has 2 fully saturated rings. The lowest BCUT2D eigenvalue weighted by Crippen LogP contribution is -2.60. The van der Waals surface area contributed by atoms with Crippen LogP contribution < -0.4 is 0 Å². The Balaban J connectivity index is 1.91. The normalized spacial score (nSPS) is 31.2. The van der Waals surface area contributed by atoms with Gasteiger partial charge in [0.15, 0.2) is 12.4 Å². The molecule has 0 saturated carbocycles. The summed E-state index contributed by atoms with van der Waals surface area (Å²) in [5.74, 6) is 0.470. The number of oxime groups is 1. The Morgan fingerprint density at radius 2 is 1.97 bits per heavy atom. The van der Waals surface area contributed by atoms with Gasteiger partial charge in [-0.25, -0.2) is 0 Å². The van der Waals surface area contributed by atoms with Crippen molar-refractivity contribution in [3.63, 3.8) is 0 Å². The van der Waals surface area contributed by atoms with Gasteiger partial charge in [-0.15, -0.1) is 11.8 Å². The molecule has 0 radical (unpaired) electrons. The van der Waals surface area contributed by atoms with E-state index in [1.807, 2.05) is 58.0 Å². The second kappa shape index (κ2) is 9.47. The van der Waals surface area contributed by atoms with Gasteiger partial charge < -0.3 is 23.8 Å². The zero-order valence-electron chi connectivity index (χ0n) is 17.5. The number of benzene rings is 1. The van der Waals surface area contributed by atoms with Crippen molar-refractivity contribution in [3.8, 4) is 0 Å². The highest BCUT2D eigenvalue weighted by atomic mass is 32.2. The maximum absolute atomic E-state index is 12.7. The van der Waals surface area contributed by atoms with Crippen LogP contribution in [-0.4, -0.2) is 54.9 Å². The first-order chi connectivity index (χ1) is 13.8. The monoisotopic (exact) mass is 423 g/mol. The minimum Gasteiger partial charge on any atom is -0.453 e. The van der Waals surface area contributed by atoms with E-state index in [1.54, 1.807) is 11.8 Å². The van der Waals surface area contributed by atoms with Gasteiger partial charge >= 0.3 is 5.97 Å². The van der Waals surface area contributed by atoms with Gasteiger partial charge in [-0.1, -0.05) is 42.4 Å². The predicted octanol–water partition coefficient (Wildman–Crippen LogP) is 3.54. The highest BCUT2D eigenvalue weighted by Crippen LogP contribution is 2.37. The number of carbonyl (C=O) groups is 1. The number of rotatable bonds is 5. The fourth-order valence-corrected chi connectivity index (χ4v) is 4.01. The van der Waals surface area contributed by atoms with E-state index in [1.165, 1.54) is 7.11 Å². The lowest BCUT2D eigenvalue weighted by Gasteiger charge is -2.45. The standard InChI is InChI=1S/C21H29NO6S/c1-6-29-19-15(22-24-5)17(28-20(23)21(2,3)4)16-14(26-19)12-25-18(27-16)13-10-8-7-9-11-13/h7-11,14,16-19H,6,12H2,1-5H3/b22-15-/t14-,16-,17-,18?,19-/m1/s1. The quantitative estimate of drug-likeness (QED) is 0.530. The van der Waals surface area contributed by atoms with Crippen LogP contribution in [0.25, 0.3) is 0 Å². The van der Waals surface area contributed by atoms with Gasteiger partial charge in [0.1, 0.15) is 30.5 Å².